The van der Waals surface area contributed by atoms with Crippen LogP contribution in [0, 0.1) is 11.3 Å². The van der Waals surface area contributed by atoms with Crippen molar-refractivity contribution in [2.24, 2.45) is 5.73 Å². The number of Topliss-reactive ketones (excluding diaryl/α,β-unsaturated/α-hetero) is 1. The van der Waals surface area contributed by atoms with Crippen molar-refractivity contribution in [1.82, 2.24) is 4.98 Å². The fraction of sp³-hybridized carbons (Fsp3) is 0.250. The van der Waals surface area contributed by atoms with Gasteiger partial charge in [-0.1, -0.05) is 6.07 Å². The van der Waals surface area contributed by atoms with Crippen LogP contribution in [0.2, 0.25) is 0 Å². The van der Waals surface area contributed by atoms with E-state index in [4.69, 9.17) is 11.0 Å². The smallest absolute Gasteiger partial charge is 0.357 e. The molecule has 0 amide bonds. The zero-order valence-electron chi connectivity index (χ0n) is 16.2. The normalized spacial score (nSPS) is 15.7. The topological polar surface area (TPSA) is 126 Å². The Hall–Kier alpha value is -3.23. The zero-order valence-corrected chi connectivity index (χ0v) is 17.0. The van der Waals surface area contributed by atoms with Crippen LogP contribution < -0.4 is 11.1 Å². The molecule has 1 aromatic heterocycles. The van der Waals surface area contributed by atoms with Crippen LogP contribution in [0.1, 0.15) is 35.6 Å². The summed E-state index contributed by atoms with van der Waals surface area (Å²) in [5.74, 6) is -0.348. The highest BCUT2D eigenvalue weighted by molar-refractivity contribution is 7.90. The number of aromatic nitrogens is 1. The molecular formula is C20H17F3N4O3S. The highest BCUT2D eigenvalue weighted by atomic mass is 32.2. The van der Waals surface area contributed by atoms with E-state index < -0.39 is 27.6 Å². The van der Waals surface area contributed by atoms with Crippen LogP contribution in [0.25, 0.3) is 0 Å². The number of ketones is 1. The minimum atomic E-state index is -4.59. The quantitative estimate of drug-likeness (QED) is 0.717. The molecule has 31 heavy (non-hydrogen) atoms. The maximum absolute atomic E-state index is 13.0. The maximum Gasteiger partial charge on any atom is 0.417 e. The van der Waals surface area contributed by atoms with Crippen molar-refractivity contribution in [2.45, 2.75) is 30.0 Å². The van der Waals surface area contributed by atoms with E-state index in [1.165, 1.54) is 24.4 Å². The number of nitrogens with zero attached hydrogens (tertiary/aromatic N) is 2. The van der Waals surface area contributed by atoms with Crippen molar-refractivity contribution < 1.29 is 26.4 Å². The summed E-state index contributed by atoms with van der Waals surface area (Å²) in [5.41, 5.74) is 5.92. The molecule has 1 aliphatic rings. The van der Waals surface area contributed by atoms with Gasteiger partial charge in [0.25, 0.3) is 0 Å². The molecule has 1 heterocycles. The molecule has 0 saturated carbocycles. The number of nitriles is 1. The van der Waals surface area contributed by atoms with Crippen LogP contribution in [-0.4, -0.2) is 25.4 Å². The number of hydrogen-bond acceptors (Lipinski definition) is 7. The monoisotopic (exact) mass is 450 g/mol. The number of hydrogen-bond donors (Lipinski definition) is 2. The van der Waals surface area contributed by atoms with Crippen molar-refractivity contribution in [2.75, 3.05) is 11.6 Å². The van der Waals surface area contributed by atoms with E-state index in [-0.39, 0.29) is 45.9 Å². The minimum Gasteiger partial charge on any atom is -0.357 e. The molecule has 0 bridgehead atoms. The average Bonchev–Trinajstić information content (AvgIpc) is 3.05. The Morgan fingerprint density at radius 1 is 1.23 bits per heavy atom. The first-order valence-corrected chi connectivity index (χ1v) is 10.9. The molecule has 11 heteroatoms. The van der Waals surface area contributed by atoms with Gasteiger partial charge in [0, 0.05) is 30.1 Å². The van der Waals surface area contributed by atoms with Crippen molar-refractivity contribution in [3.63, 3.8) is 0 Å². The van der Waals surface area contributed by atoms with Crippen LogP contribution in [0.15, 0.2) is 52.8 Å². The van der Waals surface area contributed by atoms with E-state index in [1.54, 1.807) is 0 Å². The van der Waals surface area contributed by atoms with Crippen molar-refractivity contribution in [3.8, 4) is 6.07 Å². The summed E-state index contributed by atoms with van der Waals surface area (Å²) < 4.78 is 63.3. The highest BCUT2D eigenvalue weighted by Crippen LogP contribution is 2.36. The van der Waals surface area contributed by atoms with E-state index in [1.807, 2.05) is 6.07 Å². The number of carbonyl (C=O) groups excluding carboxylic acids is 1. The fourth-order valence-corrected chi connectivity index (χ4v) is 4.31. The van der Waals surface area contributed by atoms with Gasteiger partial charge >= 0.3 is 6.18 Å². The summed E-state index contributed by atoms with van der Waals surface area (Å²) >= 11 is 0. The Bertz CT molecular complexity index is 1230. The molecule has 0 aliphatic heterocycles. The number of nitrogens with two attached hydrogens (primary N) is 1. The van der Waals surface area contributed by atoms with Gasteiger partial charge in [-0.25, -0.2) is 8.42 Å². The SMILES string of the molecule is CS(=O)(=O)c1cc(C#N)ccc1C(N)C1=C(Nc2cncc(C(F)(F)F)c2)CCC1=O. The van der Waals surface area contributed by atoms with Gasteiger partial charge in [-0.05, 0) is 30.2 Å². The molecule has 1 atom stereocenters. The van der Waals surface area contributed by atoms with Gasteiger partial charge in [-0.15, -0.1) is 0 Å². The molecule has 3 N–H and O–H groups in total. The van der Waals surface area contributed by atoms with Gasteiger partial charge in [-0.3, -0.25) is 9.78 Å². The largest absolute Gasteiger partial charge is 0.417 e. The predicted molar refractivity (Wildman–Crippen MR) is 105 cm³/mol. The molecule has 2 aromatic rings. The summed E-state index contributed by atoms with van der Waals surface area (Å²) in [7, 11) is -3.78. The van der Waals surface area contributed by atoms with Gasteiger partial charge in [-0.2, -0.15) is 18.4 Å². The molecule has 0 saturated heterocycles. The number of nitrogens with one attached hydrogen (secondary N) is 1. The van der Waals surface area contributed by atoms with Gasteiger partial charge < -0.3 is 11.1 Å². The van der Waals surface area contributed by atoms with Gasteiger partial charge in [0.15, 0.2) is 15.6 Å². The molecule has 0 radical (unpaired) electrons. The molecular weight excluding hydrogens is 433 g/mol. The fourth-order valence-electron chi connectivity index (χ4n) is 3.34. The van der Waals surface area contributed by atoms with E-state index >= 15 is 0 Å². The van der Waals surface area contributed by atoms with Crippen molar-refractivity contribution >= 4 is 21.3 Å². The molecule has 1 aliphatic carbocycles. The summed E-state index contributed by atoms with van der Waals surface area (Å²) in [6.07, 6.45) is -1.50. The van der Waals surface area contributed by atoms with Crippen LogP contribution >= 0.6 is 0 Å². The third-order valence-corrected chi connectivity index (χ3v) is 5.93. The lowest BCUT2D eigenvalue weighted by Gasteiger charge is -2.19. The summed E-state index contributed by atoms with van der Waals surface area (Å²) in [6.45, 7) is 0. The Labute approximate surface area is 176 Å². The first-order chi connectivity index (χ1) is 14.4. The molecule has 1 unspecified atom stereocenters. The summed E-state index contributed by atoms with van der Waals surface area (Å²) in [5, 5.41) is 11.8. The van der Waals surface area contributed by atoms with Crippen molar-refractivity contribution in [3.05, 3.63) is 64.6 Å². The highest BCUT2D eigenvalue weighted by Gasteiger charge is 2.33. The standard InChI is InChI=1S/C20H17F3N4O3S/c1-31(29,30)17-6-11(8-24)2-3-14(17)19(25)18-15(4-5-16(18)28)27-13-7-12(9-26-10-13)20(21,22)23/h2-3,6-7,9-10,19,27H,4-5,25H2,1H3. The Morgan fingerprint density at radius 2 is 1.94 bits per heavy atom. The van der Waals surface area contributed by atoms with E-state index in [0.717, 1.165) is 12.3 Å². The number of carbonyl (C=O) groups is 1. The number of anilines is 1. The number of halogens is 3. The number of allylic oxidation sites excluding steroid dienone is 1. The van der Waals surface area contributed by atoms with Gasteiger partial charge in [0.1, 0.15) is 0 Å². The molecule has 0 fully saturated rings. The Morgan fingerprint density at radius 3 is 2.55 bits per heavy atom. The lowest BCUT2D eigenvalue weighted by atomic mass is 9.96. The van der Waals surface area contributed by atoms with Crippen LogP contribution in [-0.2, 0) is 20.8 Å². The van der Waals surface area contributed by atoms with E-state index in [2.05, 4.69) is 10.3 Å². The summed E-state index contributed by atoms with van der Waals surface area (Å²) in [6, 6.07) is 5.47. The first kappa shape index (κ1) is 22.5. The summed E-state index contributed by atoms with van der Waals surface area (Å²) in [4.78, 5) is 15.9. The Balaban J connectivity index is 2.06. The number of sulfone groups is 1. The minimum absolute atomic E-state index is 0.0207. The maximum atomic E-state index is 13.0. The predicted octanol–water partition coefficient (Wildman–Crippen LogP) is 3.10. The second-order valence-electron chi connectivity index (χ2n) is 7.01. The number of rotatable bonds is 5. The zero-order chi connectivity index (χ0) is 23.0. The third kappa shape index (κ3) is 4.76. The van der Waals surface area contributed by atoms with Gasteiger partial charge in [0.05, 0.1) is 40.0 Å². The van der Waals surface area contributed by atoms with Gasteiger partial charge in [0.2, 0.25) is 0 Å². The first-order valence-electron chi connectivity index (χ1n) is 8.97. The lowest BCUT2D eigenvalue weighted by Crippen LogP contribution is -2.21. The average molecular weight is 450 g/mol. The second-order valence-corrected chi connectivity index (χ2v) is 9.00. The molecule has 0 spiro atoms. The van der Waals surface area contributed by atoms with Crippen molar-refractivity contribution in [1.29, 1.82) is 5.26 Å². The molecule has 1 aromatic carbocycles. The van der Waals surface area contributed by atoms with E-state index in [9.17, 15) is 26.4 Å². The molecule has 7 nitrogen and oxygen atoms in total. The molecule has 162 valence electrons. The van der Waals surface area contributed by atoms with Crippen LogP contribution in [0.4, 0.5) is 18.9 Å². The van der Waals surface area contributed by atoms with E-state index in [0.29, 0.717) is 11.9 Å². The third-order valence-electron chi connectivity index (χ3n) is 4.78. The second kappa shape index (κ2) is 8.13. The van der Waals surface area contributed by atoms with Crippen LogP contribution in [0.3, 0.4) is 0 Å². The number of pyridine rings is 1. The Kier molecular flexibility index (Phi) is 5.89. The number of alkyl halides is 3. The lowest BCUT2D eigenvalue weighted by molar-refractivity contribution is -0.137. The molecule has 3 rings (SSSR count). The van der Waals surface area contributed by atoms with Crippen LogP contribution in [0.5, 0.6) is 0 Å². The number of benzene rings is 1.